The Kier molecular flexibility index (Phi) is 5.86. The van der Waals surface area contributed by atoms with E-state index in [-0.39, 0.29) is 6.04 Å². The first kappa shape index (κ1) is 15.8. The maximum Gasteiger partial charge on any atom is 0.125 e. The van der Waals surface area contributed by atoms with Crippen molar-refractivity contribution in [2.24, 2.45) is 0 Å². The Morgan fingerprint density at radius 2 is 1.90 bits per heavy atom. The average Bonchev–Trinajstić information content (AvgIpc) is 2.46. The van der Waals surface area contributed by atoms with Crippen LogP contribution in [-0.4, -0.2) is 7.05 Å². The smallest absolute Gasteiger partial charge is 0.125 e. The number of halogens is 2. The monoisotopic (exact) mass is 445 g/mol. The molecular formula is C16H17BrINO. The molecule has 20 heavy (non-hydrogen) atoms. The third kappa shape index (κ3) is 4.20. The molecule has 0 heterocycles. The van der Waals surface area contributed by atoms with Crippen molar-refractivity contribution >= 4 is 38.5 Å². The van der Waals surface area contributed by atoms with Crippen molar-refractivity contribution in [1.82, 2.24) is 5.32 Å². The molecule has 1 atom stereocenters. The van der Waals surface area contributed by atoms with Crippen LogP contribution in [0, 0.1) is 3.57 Å². The van der Waals surface area contributed by atoms with Crippen LogP contribution in [-0.2, 0) is 6.61 Å². The van der Waals surface area contributed by atoms with E-state index in [0.717, 1.165) is 10.2 Å². The predicted molar refractivity (Wildman–Crippen MR) is 95.1 cm³/mol. The Bertz CT molecular complexity index is 571. The van der Waals surface area contributed by atoms with E-state index in [1.165, 1.54) is 14.7 Å². The van der Waals surface area contributed by atoms with E-state index >= 15 is 0 Å². The van der Waals surface area contributed by atoms with Crippen LogP contribution >= 0.6 is 38.5 Å². The summed E-state index contributed by atoms with van der Waals surface area (Å²) in [4.78, 5) is 0. The lowest BCUT2D eigenvalue weighted by Gasteiger charge is -2.17. The van der Waals surface area contributed by atoms with Crippen LogP contribution in [0.1, 0.15) is 24.1 Å². The van der Waals surface area contributed by atoms with Crippen molar-refractivity contribution in [3.05, 3.63) is 61.6 Å². The van der Waals surface area contributed by atoms with Gasteiger partial charge in [0.1, 0.15) is 12.4 Å². The number of hydrogen-bond acceptors (Lipinski definition) is 2. The Hall–Kier alpha value is -0.590. The van der Waals surface area contributed by atoms with Gasteiger partial charge < -0.3 is 10.1 Å². The second-order valence-corrected chi connectivity index (χ2v) is 6.77. The molecule has 0 spiro atoms. The molecule has 1 unspecified atom stereocenters. The van der Waals surface area contributed by atoms with Gasteiger partial charge in [0.15, 0.2) is 0 Å². The van der Waals surface area contributed by atoms with Gasteiger partial charge in [-0.3, -0.25) is 0 Å². The maximum absolute atomic E-state index is 5.99. The largest absolute Gasteiger partial charge is 0.489 e. The van der Waals surface area contributed by atoms with Gasteiger partial charge in [-0.2, -0.15) is 0 Å². The first-order valence-electron chi connectivity index (χ1n) is 6.44. The van der Waals surface area contributed by atoms with Crippen LogP contribution in [0.2, 0.25) is 0 Å². The fourth-order valence-corrected chi connectivity index (χ4v) is 2.59. The molecule has 2 rings (SSSR count). The van der Waals surface area contributed by atoms with Gasteiger partial charge in [0.25, 0.3) is 0 Å². The fourth-order valence-electron chi connectivity index (χ4n) is 1.89. The summed E-state index contributed by atoms with van der Waals surface area (Å²) in [7, 11) is 1.95. The summed E-state index contributed by atoms with van der Waals surface area (Å²) in [6, 6.07) is 14.8. The molecule has 0 bridgehead atoms. The third-order valence-corrected chi connectivity index (χ3v) is 4.40. The Labute approximate surface area is 142 Å². The molecule has 2 nitrogen and oxygen atoms in total. The minimum atomic E-state index is 0.259. The summed E-state index contributed by atoms with van der Waals surface area (Å²) in [6.45, 7) is 2.71. The second-order valence-electron chi connectivity index (χ2n) is 4.61. The SMILES string of the molecule is CNC(C)c1ccc(Br)cc1OCc1ccc(I)cc1. The highest BCUT2D eigenvalue weighted by Crippen LogP contribution is 2.29. The lowest BCUT2D eigenvalue weighted by Crippen LogP contribution is -2.13. The highest BCUT2D eigenvalue weighted by Gasteiger charge is 2.10. The number of benzene rings is 2. The van der Waals surface area contributed by atoms with Crippen LogP contribution in [0.25, 0.3) is 0 Å². The van der Waals surface area contributed by atoms with Gasteiger partial charge in [0.05, 0.1) is 0 Å². The molecule has 0 aromatic heterocycles. The molecule has 0 aliphatic rings. The van der Waals surface area contributed by atoms with Crippen molar-refractivity contribution in [2.75, 3.05) is 7.05 Å². The van der Waals surface area contributed by atoms with Gasteiger partial charge in [-0.05, 0) is 66.4 Å². The number of rotatable bonds is 5. The van der Waals surface area contributed by atoms with E-state index in [1.54, 1.807) is 0 Å². The molecule has 0 amide bonds. The molecule has 4 heteroatoms. The van der Waals surface area contributed by atoms with Gasteiger partial charge in [-0.1, -0.05) is 34.1 Å². The molecule has 0 fully saturated rings. The van der Waals surface area contributed by atoms with Crippen molar-refractivity contribution in [2.45, 2.75) is 19.6 Å². The average molecular weight is 446 g/mol. The summed E-state index contributed by atoms with van der Waals surface area (Å²) >= 11 is 5.81. The van der Waals surface area contributed by atoms with E-state index in [9.17, 15) is 0 Å². The molecule has 0 aliphatic carbocycles. The van der Waals surface area contributed by atoms with E-state index < -0.39 is 0 Å². The summed E-state index contributed by atoms with van der Waals surface area (Å²) in [5.74, 6) is 0.916. The quantitative estimate of drug-likeness (QED) is 0.660. The zero-order valence-corrected chi connectivity index (χ0v) is 15.2. The zero-order chi connectivity index (χ0) is 14.5. The summed E-state index contributed by atoms with van der Waals surface area (Å²) in [5.41, 5.74) is 2.34. The van der Waals surface area contributed by atoms with Crippen LogP contribution in [0.3, 0.4) is 0 Å². The number of ether oxygens (including phenoxy) is 1. The Balaban J connectivity index is 2.15. The Morgan fingerprint density at radius 3 is 2.55 bits per heavy atom. The fraction of sp³-hybridized carbons (Fsp3) is 0.250. The zero-order valence-electron chi connectivity index (χ0n) is 11.5. The molecule has 0 aliphatic heterocycles. The van der Waals surface area contributed by atoms with Crippen LogP contribution in [0.5, 0.6) is 5.75 Å². The molecule has 0 saturated carbocycles. The van der Waals surface area contributed by atoms with E-state index in [1.807, 2.05) is 19.2 Å². The highest BCUT2D eigenvalue weighted by atomic mass is 127. The second kappa shape index (κ2) is 7.43. The number of nitrogens with one attached hydrogen (secondary N) is 1. The number of hydrogen-bond donors (Lipinski definition) is 1. The Morgan fingerprint density at radius 1 is 1.20 bits per heavy atom. The minimum absolute atomic E-state index is 0.259. The van der Waals surface area contributed by atoms with Crippen molar-refractivity contribution in [3.8, 4) is 5.75 Å². The predicted octanol–water partition coefficient (Wildman–Crippen LogP) is 4.91. The van der Waals surface area contributed by atoms with Crippen molar-refractivity contribution in [1.29, 1.82) is 0 Å². The minimum Gasteiger partial charge on any atom is -0.489 e. The van der Waals surface area contributed by atoms with Gasteiger partial charge in [0, 0.05) is 19.6 Å². The van der Waals surface area contributed by atoms with E-state index in [2.05, 4.69) is 81.1 Å². The molecule has 1 N–H and O–H groups in total. The van der Waals surface area contributed by atoms with Gasteiger partial charge >= 0.3 is 0 Å². The lowest BCUT2D eigenvalue weighted by molar-refractivity contribution is 0.300. The highest BCUT2D eigenvalue weighted by molar-refractivity contribution is 14.1. The van der Waals surface area contributed by atoms with Gasteiger partial charge in [0.2, 0.25) is 0 Å². The maximum atomic E-state index is 5.99. The third-order valence-electron chi connectivity index (χ3n) is 3.18. The van der Waals surface area contributed by atoms with Crippen LogP contribution in [0.4, 0.5) is 0 Å². The molecule has 0 saturated heterocycles. The molecule has 0 radical (unpaired) electrons. The molecule has 106 valence electrons. The van der Waals surface area contributed by atoms with Crippen molar-refractivity contribution < 1.29 is 4.74 Å². The normalized spacial score (nSPS) is 12.2. The molecular weight excluding hydrogens is 429 g/mol. The topological polar surface area (TPSA) is 21.3 Å². The molecule has 2 aromatic rings. The van der Waals surface area contributed by atoms with Gasteiger partial charge in [-0.25, -0.2) is 0 Å². The summed E-state index contributed by atoms with van der Waals surface area (Å²) in [6.07, 6.45) is 0. The molecule has 2 aromatic carbocycles. The standard InChI is InChI=1S/C16H17BrINO/c1-11(19-2)15-8-5-13(17)9-16(15)20-10-12-3-6-14(18)7-4-12/h3-9,11,19H,10H2,1-2H3. The van der Waals surface area contributed by atoms with Crippen LogP contribution in [0.15, 0.2) is 46.9 Å². The van der Waals surface area contributed by atoms with E-state index in [4.69, 9.17) is 4.74 Å². The summed E-state index contributed by atoms with van der Waals surface area (Å²) in [5, 5.41) is 3.25. The summed E-state index contributed by atoms with van der Waals surface area (Å²) < 4.78 is 8.26. The lowest BCUT2D eigenvalue weighted by atomic mass is 10.1. The first-order chi connectivity index (χ1) is 9.60. The van der Waals surface area contributed by atoms with E-state index in [0.29, 0.717) is 6.61 Å². The van der Waals surface area contributed by atoms with Crippen LogP contribution < -0.4 is 10.1 Å². The first-order valence-corrected chi connectivity index (χ1v) is 8.31. The van der Waals surface area contributed by atoms with Gasteiger partial charge in [-0.15, -0.1) is 0 Å². The van der Waals surface area contributed by atoms with Crippen molar-refractivity contribution in [3.63, 3.8) is 0 Å².